The van der Waals surface area contributed by atoms with Crippen LogP contribution in [0.3, 0.4) is 0 Å². The first kappa shape index (κ1) is 19.4. The first-order chi connectivity index (χ1) is 14.6. The Morgan fingerprint density at radius 3 is 2.83 bits per heavy atom. The highest BCUT2D eigenvalue weighted by molar-refractivity contribution is 7.09. The minimum absolute atomic E-state index is 0.0672. The molecule has 3 aliphatic heterocycles. The quantitative estimate of drug-likeness (QED) is 0.801. The molecule has 0 aromatic carbocycles. The van der Waals surface area contributed by atoms with Crippen LogP contribution in [0.25, 0.3) is 0 Å². The summed E-state index contributed by atoms with van der Waals surface area (Å²) in [4.78, 5) is 43.6. The van der Waals surface area contributed by atoms with Crippen LogP contribution in [0.1, 0.15) is 36.4 Å². The Hall–Kier alpha value is -2.55. The van der Waals surface area contributed by atoms with E-state index in [0.29, 0.717) is 31.4 Å². The average Bonchev–Trinajstić information content (AvgIpc) is 3.18. The van der Waals surface area contributed by atoms with Gasteiger partial charge in [-0.15, -0.1) is 11.3 Å². The second-order valence-electron chi connectivity index (χ2n) is 8.52. The van der Waals surface area contributed by atoms with E-state index in [-0.39, 0.29) is 23.8 Å². The number of fused-ring (bicyclic) bond motifs is 4. The fourth-order valence-electron chi connectivity index (χ4n) is 5.36. The average molecular weight is 427 g/mol. The summed E-state index contributed by atoms with van der Waals surface area (Å²) in [5.74, 6) is 1.18. The number of anilines is 1. The first-order valence-corrected chi connectivity index (χ1v) is 11.5. The second-order valence-corrected chi connectivity index (χ2v) is 9.46. The highest BCUT2D eigenvalue weighted by Crippen LogP contribution is 2.42. The molecule has 0 radical (unpaired) electrons. The van der Waals surface area contributed by atoms with Crippen molar-refractivity contribution in [3.63, 3.8) is 0 Å². The summed E-state index contributed by atoms with van der Waals surface area (Å²) in [6, 6.07) is 1.49. The summed E-state index contributed by atoms with van der Waals surface area (Å²) < 4.78 is 0. The van der Waals surface area contributed by atoms with Gasteiger partial charge in [0.2, 0.25) is 17.8 Å². The monoisotopic (exact) mass is 426 g/mol. The summed E-state index contributed by atoms with van der Waals surface area (Å²) in [6.07, 6.45) is 6.87. The summed E-state index contributed by atoms with van der Waals surface area (Å²) >= 11 is 1.55. The van der Waals surface area contributed by atoms with Gasteiger partial charge in [-0.1, -0.05) is 0 Å². The summed E-state index contributed by atoms with van der Waals surface area (Å²) in [5.41, 5.74) is 0.960. The third-order valence-corrected chi connectivity index (χ3v) is 7.49. The molecule has 5 heterocycles. The molecule has 5 rings (SSSR count). The molecular weight excluding hydrogens is 400 g/mol. The lowest BCUT2D eigenvalue weighted by molar-refractivity contribution is -0.156. The number of carbonyl (C=O) groups excluding carboxylic acids is 2. The summed E-state index contributed by atoms with van der Waals surface area (Å²) in [5, 5.41) is 5.93. The topological polar surface area (TPSA) is 91.3 Å². The minimum atomic E-state index is -0.438. The lowest BCUT2D eigenvalue weighted by Gasteiger charge is -2.55. The minimum Gasteiger partial charge on any atom is -0.348 e. The highest BCUT2D eigenvalue weighted by Gasteiger charge is 2.52. The Labute approximate surface area is 179 Å². The van der Waals surface area contributed by atoms with Crippen LogP contribution < -0.4 is 10.2 Å². The van der Waals surface area contributed by atoms with Crippen molar-refractivity contribution in [3.05, 3.63) is 34.5 Å². The number of nitrogens with one attached hydrogen (secondary N) is 1. The van der Waals surface area contributed by atoms with E-state index in [2.05, 4.69) is 25.2 Å². The van der Waals surface area contributed by atoms with Crippen LogP contribution in [0, 0.1) is 18.8 Å². The van der Waals surface area contributed by atoms with Gasteiger partial charge in [0.25, 0.3) is 0 Å². The number of thiazole rings is 1. The van der Waals surface area contributed by atoms with Crippen LogP contribution in [0.4, 0.5) is 5.95 Å². The largest absolute Gasteiger partial charge is 0.348 e. The van der Waals surface area contributed by atoms with Gasteiger partial charge in [-0.05, 0) is 38.2 Å². The van der Waals surface area contributed by atoms with E-state index in [9.17, 15) is 9.59 Å². The SMILES string of the molecule is Cc1csc(CNC(=O)[C@H]2[C@H]3C[C@H](CN(c4ncccn4)C3)[C@@H]3CCCC(=O)N32)n1. The highest BCUT2D eigenvalue weighted by atomic mass is 32.1. The smallest absolute Gasteiger partial charge is 0.243 e. The molecule has 2 bridgehead atoms. The predicted molar refractivity (Wildman–Crippen MR) is 113 cm³/mol. The van der Waals surface area contributed by atoms with Crippen molar-refractivity contribution < 1.29 is 9.59 Å². The van der Waals surface area contributed by atoms with E-state index in [1.807, 2.05) is 23.3 Å². The van der Waals surface area contributed by atoms with Crippen molar-refractivity contribution in [2.45, 2.75) is 51.2 Å². The van der Waals surface area contributed by atoms with E-state index in [0.717, 1.165) is 36.5 Å². The second kappa shape index (κ2) is 7.94. The molecule has 2 amide bonds. The standard InChI is InChI=1S/C21H26N6O2S/c1-13-12-30-17(25-13)9-24-20(29)19-15-8-14(16-4-2-5-18(28)27(16)19)10-26(11-15)21-22-6-3-7-23-21/h3,6-7,12,14-16,19H,2,4-5,8-11H2,1H3,(H,24,29)/t14-,15+,16+,19-/m1/s1. The molecule has 0 spiro atoms. The molecule has 8 nitrogen and oxygen atoms in total. The van der Waals surface area contributed by atoms with E-state index < -0.39 is 6.04 Å². The maximum absolute atomic E-state index is 13.3. The van der Waals surface area contributed by atoms with E-state index in [1.165, 1.54) is 0 Å². The molecule has 9 heteroatoms. The zero-order valence-corrected chi connectivity index (χ0v) is 17.8. The zero-order valence-electron chi connectivity index (χ0n) is 17.0. The summed E-state index contributed by atoms with van der Waals surface area (Å²) in [6.45, 7) is 3.87. The first-order valence-electron chi connectivity index (χ1n) is 10.6. The maximum atomic E-state index is 13.3. The normalized spacial score (nSPS) is 28.2. The molecule has 2 aromatic rings. The molecule has 0 saturated carbocycles. The van der Waals surface area contributed by atoms with Gasteiger partial charge in [0, 0.05) is 54.9 Å². The van der Waals surface area contributed by atoms with Crippen molar-refractivity contribution in [1.29, 1.82) is 0 Å². The van der Waals surface area contributed by atoms with Crippen LogP contribution in [-0.4, -0.2) is 56.8 Å². The number of nitrogens with zero attached hydrogens (tertiary/aromatic N) is 5. The molecule has 30 heavy (non-hydrogen) atoms. The van der Waals surface area contributed by atoms with E-state index >= 15 is 0 Å². The Bertz CT molecular complexity index is 935. The third-order valence-electron chi connectivity index (χ3n) is 6.53. The van der Waals surface area contributed by atoms with Crippen molar-refractivity contribution in [1.82, 2.24) is 25.2 Å². The Balaban J connectivity index is 1.40. The number of aromatic nitrogens is 3. The predicted octanol–water partition coefficient (Wildman–Crippen LogP) is 1.76. The number of carbonyl (C=O) groups is 2. The number of rotatable bonds is 4. The van der Waals surface area contributed by atoms with Gasteiger partial charge in [-0.25, -0.2) is 15.0 Å². The van der Waals surface area contributed by atoms with Crippen molar-refractivity contribution in [2.24, 2.45) is 11.8 Å². The molecular formula is C21H26N6O2S. The molecule has 2 aromatic heterocycles. The molecule has 0 aliphatic carbocycles. The molecule has 3 fully saturated rings. The van der Waals surface area contributed by atoms with E-state index in [1.54, 1.807) is 23.7 Å². The molecule has 158 valence electrons. The fourth-order valence-corrected chi connectivity index (χ4v) is 6.07. The van der Waals surface area contributed by atoms with Crippen LogP contribution in [0.5, 0.6) is 0 Å². The van der Waals surface area contributed by atoms with Crippen molar-refractivity contribution in [2.75, 3.05) is 18.0 Å². The number of hydrogen-bond acceptors (Lipinski definition) is 7. The van der Waals surface area contributed by atoms with Crippen LogP contribution in [0.15, 0.2) is 23.8 Å². The molecule has 0 unspecified atom stereocenters. The van der Waals surface area contributed by atoms with Crippen molar-refractivity contribution in [3.8, 4) is 0 Å². The van der Waals surface area contributed by atoms with Gasteiger partial charge >= 0.3 is 0 Å². The fraction of sp³-hybridized carbons (Fsp3) is 0.571. The Kier molecular flexibility index (Phi) is 5.14. The lowest BCUT2D eigenvalue weighted by atomic mass is 9.72. The summed E-state index contributed by atoms with van der Waals surface area (Å²) in [7, 11) is 0. The van der Waals surface area contributed by atoms with Gasteiger partial charge in [0.05, 0.1) is 6.54 Å². The van der Waals surface area contributed by atoms with Gasteiger partial charge in [0.1, 0.15) is 11.0 Å². The maximum Gasteiger partial charge on any atom is 0.243 e. The number of amides is 2. The molecule has 4 atom stereocenters. The van der Waals surface area contributed by atoms with Crippen molar-refractivity contribution >= 4 is 29.1 Å². The Morgan fingerprint density at radius 1 is 1.27 bits per heavy atom. The number of hydrogen-bond donors (Lipinski definition) is 1. The van der Waals surface area contributed by atoms with Crippen LogP contribution in [-0.2, 0) is 16.1 Å². The third kappa shape index (κ3) is 3.55. The van der Waals surface area contributed by atoms with Crippen LogP contribution >= 0.6 is 11.3 Å². The Morgan fingerprint density at radius 2 is 2.07 bits per heavy atom. The van der Waals surface area contributed by atoms with Gasteiger partial charge < -0.3 is 15.1 Å². The zero-order chi connectivity index (χ0) is 20.7. The van der Waals surface area contributed by atoms with E-state index in [4.69, 9.17) is 0 Å². The molecule has 1 N–H and O–H groups in total. The van der Waals surface area contributed by atoms with Gasteiger partial charge in [0.15, 0.2) is 0 Å². The van der Waals surface area contributed by atoms with Gasteiger partial charge in [-0.2, -0.15) is 0 Å². The molecule has 3 saturated heterocycles. The van der Waals surface area contributed by atoms with Crippen LogP contribution in [0.2, 0.25) is 0 Å². The van der Waals surface area contributed by atoms with Gasteiger partial charge in [-0.3, -0.25) is 9.59 Å². The number of aryl methyl sites for hydroxylation is 1. The molecule has 3 aliphatic rings. The lowest BCUT2D eigenvalue weighted by Crippen LogP contribution is -2.68. The number of piperidine rings is 3.